The van der Waals surface area contributed by atoms with Crippen molar-refractivity contribution in [3.63, 3.8) is 0 Å². The Hall–Kier alpha value is -0.780. The first-order chi connectivity index (χ1) is 9.02. The van der Waals surface area contributed by atoms with Crippen molar-refractivity contribution in [1.82, 2.24) is 0 Å². The van der Waals surface area contributed by atoms with Crippen molar-refractivity contribution in [3.05, 3.63) is 35.1 Å². The first-order valence-electron chi connectivity index (χ1n) is 6.40. The summed E-state index contributed by atoms with van der Waals surface area (Å²) in [4.78, 5) is 0. The quantitative estimate of drug-likeness (QED) is 0.869. The minimum atomic E-state index is -1.17. The number of ether oxygens (including phenoxy) is 1. The number of benzene rings is 1. The summed E-state index contributed by atoms with van der Waals surface area (Å²) in [6.07, 6.45) is 2.85. The molecule has 2 rings (SSSR count). The second-order valence-corrected chi connectivity index (χ2v) is 5.17. The number of hydrogen-bond donors (Lipinski definition) is 1. The molecule has 1 aliphatic rings. The normalized spacial score (nSPS) is 26.1. The Morgan fingerprint density at radius 3 is 2.20 bits per heavy atom. The summed E-state index contributed by atoms with van der Waals surface area (Å²) in [5, 5.41) is 0. The lowest BCUT2D eigenvalue weighted by Gasteiger charge is -2.39. The van der Waals surface area contributed by atoms with E-state index in [1.165, 1.54) is 0 Å². The zero-order chi connectivity index (χ0) is 14.0. The maximum atomic E-state index is 13.9. The Bertz CT molecular complexity index is 462. The fourth-order valence-electron chi connectivity index (χ4n) is 2.89. The molecule has 20 heavy (non-hydrogen) atoms. The van der Waals surface area contributed by atoms with Crippen LogP contribution in [0.2, 0.25) is 0 Å². The minimum absolute atomic E-state index is 0. The smallest absolute Gasteiger partial charge is 0.161 e. The van der Waals surface area contributed by atoms with Crippen LogP contribution in [0, 0.1) is 17.5 Å². The van der Waals surface area contributed by atoms with Crippen molar-refractivity contribution >= 4 is 12.4 Å². The predicted octanol–water partition coefficient (Wildman–Crippen LogP) is 3.31. The van der Waals surface area contributed by atoms with E-state index < -0.39 is 22.9 Å². The van der Waals surface area contributed by atoms with Gasteiger partial charge in [-0.15, -0.1) is 12.4 Å². The van der Waals surface area contributed by atoms with Gasteiger partial charge in [0.2, 0.25) is 0 Å². The van der Waals surface area contributed by atoms with Crippen molar-refractivity contribution in [3.8, 4) is 0 Å². The molecule has 1 fully saturated rings. The number of hydrogen-bond acceptors (Lipinski definition) is 2. The lowest BCUT2D eigenvalue weighted by atomic mass is 9.68. The molecule has 0 amide bonds. The van der Waals surface area contributed by atoms with Crippen LogP contribution in [0.4, 0.5) is 13.2 Å². The fourth-order valence-corrected chi connectivity index (χ4v) is 2.89. The molecule has 0 atom stereocenters. The van der Waals surface area contributed by atoms with Crippen molar-refractivity contribution in [1.29, 1.82) is 0 Å². The van der Waals surface area contributed by atoms with Crippen molar-refractivity contribution in [2.75, 3.05) is 13.7 Å². The second kappa shape index (κ2) is 6.78. The molecule has 0 saturated heterocycles. The summed E-state index contributed by atoms with van der Waals surface area (Å²) < 4.78 is 45.6. The van der Waals surface area contributed by atoms with E-state index in [1.807, 2.05) is 0 Å². The Morgan fingerprint density at radius 1 is 1.15 bits per heavy atom. The van der Waals surface area contributed by atoms with Gasteiger partial charge in [-0.05, 0) is 37.3 Å². The molecule has 0 aromatic heterocycles. The summed E-state index contributed by atoms with van der Waals surface area (Å²) in [6, 6.07) is 1.55. The average Bonchev–Trinajstić information content (AvgIpc) is 2.43. The fraction of sp³-hybridized carbons (Fsp3) is 0.571. The molecule has 1 aromatic rings. The maximum Gasteiger partial charge on any atom is 0.161 e. The summed E-state index contributed by atoms with van der Waals surface area (Å²) in [7, 11) is 1.64. The van der Waals surface area contributed by atoms with Crippen LogP contribution in [0.1, 0.15) is 31.2 Å². The molecule has 0 radical (unpaired) electrons. The molecule has 1 aliphatic carbocycles. The van der Waals surface area contributed by atoms with Crippen LogP contribution >= 0.6 is 12.4 Å². The summed E-state index contributed by atoms with van der Waals surface area (Å²) in [5.41, 5.74) is 5.36. The van der Waals surface area contributed by atoms with E-state index in [9.17, 15) is 13.2 Å². The molecule has 1 aromatic carbocycles. The van der Waals surface area contributed by atoms with Gasteiger partial charge in [0.15, 0.2) is 11.6 Å². The third-order valence-corrected chi connectivity index (χ3v) is 4.20. The Morgan fingerprint density at radius 2 is 1.70 bits per heavy atom. The largest absolute Gasteiger partial charge is 0.381 e. The van der Waals surface area contributed by atoms with E-state index in [0.29, 0.717) is 18.9 Å². The molecule has 0 unspecified atom stereocenters. The molecule has 0 spiro atoms. The minimum Gasteiger partial charge on any atom is -0.381 e. The third-order valence-electron chi connectivity index (χ3n) is 4.20. The highest BCUT2D eigenvalue weighted by atomic mass is 35.5. The van der Waals surface area contributed by atoms with Gasteiger partial charge in [0.1, 0.15) is 5.82 Å². The molecule has 0 heterocycles. The van der Waals surface area contributed by atoms with Gasteiger partial charge in [0.05, 0.1) is 6.10 Å². The standard InChI is InChI=1S/C14H18F3NO.ClH/c1-19-9-2-4-14(8-18,5-3-9)10-6-12(16)13(17)7-11(10)15;/h6-7,9H,2-5,8,18H2,1H3;1H. The van der Waals surface area contributed by atoms with Crippen LogP contribution in [0.5, 0.6) is 0 Å². The van der Waals surface area contributed by atoms with Crippen LogP contribution in [-0.2, 0) is 10.2 Å². The lowest BCUT2D eigenvalue weighted by molar-refractivity contribution is 0.0490. The molecule has 2 N–H and O–H groups in total. The zero-order valence-electron chi connectivity index (χ0n) is 11.3. The second-order valence-electron chi connectivity index (χ2n) is 5.17. The van der Waals surface area contributed by atoms with Gasteiger partial charge in [-0.1, -0.05) is 0 Å². The van der Waals surface area contributed by atoms with Crippen molar-refractivity contribution < 1.29 is 17.9 Å². The van der Waals surface area contributed by atoms with Crippen LogP contribution in [0.3, 0.4) is 0 Å². The zero-order valence-corrected chi connectivity index (χ0v) is 12.1. The maximum absolute atomic E-state index is 13.9. The van der Waals surface area contributed by atoms with Gasteiger partial charge < -0.3 is 10.5 Å². The SMILES string of the molecule is COC1CCC(CN)(c2cc(F)c(F)cc2F)CC1.Cl. The predicted molar refractivity (Wildman–Crippen MR) is 73.6 cm³/mol. The van der Waals surface area contributed by atoms with E-state index in [1.54, 1.807) is 7.11 Å². The molecule has 114 valence electrons. The van der Waals surface area contributed by atoms with E-state index >= 15 is 0 Å². The first-order valence-corrected chi connectivity index (χ1v) is 6.40. The third kappa shape index (κ3) is 3.10. The molecule has 1 saturated carbocycles. The summed E-state index contributed by atoms with van der Waals surface area (Å²) in [5.74, 6) is -2.92. The number of halogens is 4. The Labute approximate surface area is 122 Å². The van der Waals surface area contributed by atoms with Gasteiger partial charge in [0.25, 0.3) is 0 Å². The topological polar surface area (TPSA) is 35.2 Å². The molecular weight excluding hydrogens is 291 g/mol. The van der Waals surface area contributed by atoms with Crippen LogP contribution in [-0.4, -0.2) is 19.8 Å². The van der Waals surface area contributed by atoms with E-state index in [-0.39, 0.29) is 30.6 Å². The Kier molecular flexibility index (Phi) is 5.86. The summed E-state index contributed by atoms with van der Waals surface area (Å²) >= 11 is 0. The van der Waals surface area contributed by atoms with Crippen molar-refractivity contribution in [2.45, 2.75) is 37.2 Å². The van der Waals surface area contributed by atoms with Crippen molar-refractivity contribution in [2.24, 2.45) is 5.73 Å². The van der Waals surface area contributed by atoms with Crippen LogP contribution < -0.4 is 5.73 Å². The van der Waals surface area contributed by atoms with E-state index in [2.05, 4.69) is 0 Å². The van der Waals surface area contributed by atoms with E-state index in [4.69, 9.17) is 10.5 Å². The molecular formula is C14H19ClF3NO. The highest BCUT2D eigenvalue weighted by molar-refractivity contribution is 5.85. The highest BCUT2D eigenvalue weighted by Gasteiger charge is 2.38. The van der Waals surface area contributed by atoms with E-state index in [0.717, 1.165) is 18.9 Å². The Balaban J connectivity index is 0.00000200. The molecule has 6 heteroatoms. The lowest BCUT2D eigenvalue weighted by Crippen LogP contribution is -2.41. The van der Waals surface area contributed by atoms with Gasteiger partial charge in [0, 0.05) is 25.1 Å². The summed E-state index contributed by atoms with van der Waals surface area (Å²) in [6.45, 7) is 0.214. The number of nitrogens with two attached hydrogens (primary N) is 1. The average molecular weight is 310 g/mol. The highest BCUT2D eigenvalue weighted by Crippen LogP contribution is 2.41. The van der Waals surface area contributed by atoms with Crippen LogP contribution in [0.25, 0.3) is 0 Å². The molecule has 0 aliphatic heterocycles. The number of rotatable bonds is 3. The van der Waals surface area contributed by atoms with Crippen LogP contribution in [0.15, 0.2) is 12.1 Å². The van der Waals surface area contributed by atoms with Gasteiger partial charge in [-0.25, -0.2) is 13.2 Å². The van der Waals surface area contributed by atoms with Gasteiger partial charge in [-0.2, -0.15) is 0 Å². The molecule has 2 nitrogen and oxygen atoms in total. The van der Waals surface area contributed by atoms with Gasteiger partial charge in [-0.3, -0.25) is 0 Å². The van der Waals surface area contributed by atoms with Gasteiger partial charge >= 0.3 is 0 Å². The number of methoxy groups -OCH3 is 1. The monoisotopic (exact) mass is 309 g/mol. The first kappa shape index (κ1) is 17.3. The molecule has 0 bridgehead atoms.